The van der Waals surface area contributed by atoms with Gasteiger partial charge in [0.15, 0.2) is 0 Å². The first-order valence-corrected chi connectivity index (χ1v) is 5.83. The van der Waals surface area contributed by atoms with E-state index in [2.05, 4.69) is 25.2 Å². The summed E-state index contributed by atoms with van der Waals surface area (Å²) in [7, 11) is 0. The van der Waals surface area contributed by atoms with E-state index in [0.717, 1.165) is 23.7 Å². The molecular weight excluding hydrogens is 210 g/mol. The molecule has 0 saturated carbocycles. The largest absolute Gasteiger partial charge is 0.488 e. The summed E-state index contributed by atoms with van der Waals surface area (Å²) in [6.45, 7) is 5.20. The van der Waals surface area contributed by atoms with E-state index in [9.17, 15) is 0 Å². The molecule has 2 unspecified atom stereocenters. The first kappa shape index (κ1) is 10.8. The Balaban J connectivity index is 2.31. The normalized spacial score (nSPS) is 23.7. The van der Waals surface area contributed by atoms with E-state index in [4.69, 9.17) is 16.3 Å². The highest BCUT2D eigenvalue weighted by atomic mass is 35.5. The molecule has 15 heavy (non-hydrogen) atoms. The molecule has 2 rings (SSSR count). The van der Waals surface area contributed by atoms with E-state index in [0.29, 0.717) is 6.04 Å². The second-order valence-corrected chi connectivity index (χ2v) is 4.22. The number of nitrogens with one attached hydrogen (secondary N) is 1. The van der Waals surface area contributed by atoms with Crippen molar-refractivity contribution in [3.05, 3.63) is 28.8 Å². The minimum atomic E-state index is 0.235. The Morgan fingerprint density at radius 3 is 2.87 bits per heavy atom. The molecule has 1 heterocycles. The van der Waals surface area contributed by atoms with Gasteiger partial charge in [-0.25, -0.2) is 0 Å². The topological polar surface area (TPSA) is 21.3 Å². The van der Waals surface area contributed by atoms with Crippen molar-refractivity contribution in [2.45, 2.75) is 32.4 Å². The van der Waals surface area contributed by atoms with Crippen molar-refractivity contribution >= 4 is 11.6 Å². The van der Waals surface area contributed by atoms with Crippen molar-refractivity contribution in [1.29, 1.82) is 0 Å². The summed E-state index contributed by atoms with van der Waals surface area (Å²) in [6, 6.07) is 6.19. The molecule has 0 aromatic heterocycles. The van der Waals surface area contributed by atoms with Crippen LogP contribution < -0.4 is 10.1 Å². The molecule has 1 N–H and O–H groups in total. The maximum absolute atomic E-state index is 5.94. The highest BCUT2D eigenvalue weighted by Gasteiger charge is 2.32. The van der Waals surface area contributed by atoms with Gasteiger partial charge in [0.1, 0.15) is 11.9 Å². The number of halogens is 1. The smallest absolute Gasteiger partial charge is 0.126 e. The number of hydrogen-bond acceptors (Lipinski definition) is 2. The summed E-state index contributed by atoms with van der Waals surface area (Å²) in [5.74, 6) is 0.931. The molecule has 82 valence electrons. The Morgan fingerprint density at radius 2 is 2.20 bits per heavy atom. The van der Waals surface area contributed by atoms with Gasteiger partial charge in [0, 0.05) is 10.6 Å². The van der Waals surface area contributed by atoms with Crippen LogP contribution in [-0.4, -0.2) is 12.6 Å². The number of fused-ring (bicyclic) bond motifs is 1. The summed E-state index contributed by atoms with van der Waals surface area (Å²) < 4.78 is 5.86. The Labute approximate surface area is 95.6 Å². The lowest BCUT2D eigenvalue weighted by molar-refractivity contribution is 0.186. The minimum absolute atomic E-state index is 0.235. The predicted molar refractivity (Wildman–Crippen MR) is 62.6 cm³/mol. The molecule has 0 radical (unpaired) electrons. The third kappa shape index (κ3) is 1.97. The van der Waals surface area contributed by atoms with E-state index in [1.165, 1.54) is 5.56 Å². The van der Waals surface area contributed by atoms with Crippen LogP contribution in [0, 0.1) is 0 Å². The lowest BCUT2D eigenvalue weighted by atomic mass is 10.0. The fraction of sp³-hybridized carbons (Fsp3) is 0.500. The number of rotatable bonds is 3. The van der Waals surface area contributed by atoms with E-state index >= 15 is 0 Å². The molecule has 2 nitrogen and oxygen atoms in total. The Hall–Kier alpha value is -0.730. The molecule has 1 aromatic rings. The van der Waals surface area contributed by atoms with Gasteiger partial charge in [0.05, 0.1) is 6.04 Å². The lowest BCUT2D eigenvalue weighted by Gasteiger charge is -2.17. The fourth-order valence-corrected chi connectivity index (χ4v) is 2.24. The average Bonchev–Trinajstić information content (AvgIpc) is 2.56. The van der Waals surface area contributed by atoms with Gasteiger partial charge in [-0.2, -0.15) is 0 Å². The maximum Gasteiger partial charge on any atom is 0.126 e. The first-order chi connectivity index (χ1) is 7.26. The summed E-state index contributed by atoms with van der Waals surface area (Å²) in [6.07, 6.45) is 1.24. The monoisotopic (exact) mass is 225 g/mol. The molecule has 0 spiro atoms. The van der Waals surface area contributed by atoms with E-state index < -0.39 is 0 Å². The van der Waals surface area contributed by atoms with Gasteiger partial charge in [0.2, 0.25) is 0 Å². The van der Waals surface area contributed by atoms with Gasteiger partial charge >= 0.3 is 0 Å². The zero-order chi connectivity index (χ0) is 10.8. The Kier molecular flexibility index (Phi) is 3.17. The van der Waals surface area contributed by atoms with Crippen molar-refractivity contribution in [2.75, 3.05) is 6.54 Å². The van der Waals surface area contributed by atoms with Gasteiger partial charge in [0.25, 0.3) is 0 Å². The van der Waals surface area contributed by atoms with Gasteiger partial charge < -0.3 is 10.1 Å². The molecule has 1 aromatic carbocycles. The minimum Gasteiger partial charge on any atom is -0.488 e. The maximum atomic E-state index is 5.94. The number of hydrogen-bond donors (Lipinski definition) is 1. The summed E-state index contributed by atoms with van der Waals surface area (Å²) in [4.78, 5) is 0. The van der Waals surface area contributed by atoms with E-state index in [1.54, 1.807) is 0 Å². The second kappa shape index (κ2) is 4.42. The zero-order valence-electron chi connectivity index (χ0n) is 9.09. The SMILES string of the molecule is CCNC1c2ccc(Cl)cc2OC1CC. The van der Waals surface area contributed by atoms with Crippen LogP contribution in [0.15, 0.2) is 18.2 Å². The van der Waals surface area contributed by atoms with Crippen LogP contribution in [0.1, 0.15) is 31.9 Å². The van der Waals surface area contributed by atoms with Crippen molar-refractivity contribution < 1.29 is 4.74 Å². The molecule has 1 aliphatic rings. The third-order valence-electron chi connectivity index (χ3n) is 2.79. The Morgan fingerprint density at radius 1 is 1.40 bits per heavy atom. The second-order valence-electron chi connectivity index (χ2n) is 3.78. The summed E-state index contributed by atoms with van der Waals surface area (Å²) in [5, 5.41) is 4.19. The van der Waals surface area contributed by atoms with Crippen LogP contribution in [0.4, 0.5) is 0 Å². The summed E-state index contributed by atoms with van der Waals surface area (Å²) >= 11 is 5.94. The quantitative estimate of drug-likeness (QED) is 0.853. The van der Waals surface area contributed by atoms with Gasteiger partial charge in [-0.1, -0.05) is 31.5 Å². The van der Waals surface area contributed by atoms with E-state index in [1.807, 2.05) is 12.1 Å². The molecule has 0 amide bonds. The van der Waals surface area contributed by atoms with Gasteiger partial charge in [-0.05, 0) is 25.1 Å². The van der Waals surface area contributed by atoms with Crippen molar-refractivity contribution in [3.8, 4) is 5.75 Å². The van der Waals surface area contributed by atoms with Crippen LogP contribution in [0.2, 0.25) is 5.02 Å². The number of benzene rings is 1. The first-order valence-electron chi connectivity index (χ1n) is 5.45. The molecule has 1 aliphatic heterocycles. The van der Waals surface area contributed by atoms with Crippen LogP contribution in [0.5, 0.6) is 5.75 Å². The highest BCUT2D eigenvalue weighted by Crippen LogP contribution is 2.39. The molecule has 0 aliphatic carbocycles. The highest BCUT2D eigenvalue weighted by molar-refractivity contribution is 6.30. The molecule has 0 fully saturated rings. The number of likely N-dealkylation sites (N-methyl/N-ethyl adjacent to an activating group) is 1. The van der Waals surface area contributed by atoms with Crippen LogP contribution in [0.25, 0.3) is 0 Å². The number of ether oxygens (including phenoxy) is 1. The van der Waals surface area contributed by atoms with Gasteiger partial charge in [-0.3, -0.25) is 0 Å². The molecule has 3 heteroatoms. The lowest BCUT2D eigenvalue weighted by Crippen LogP contribution is -2.30. The zero-order valence-corrected chi connectivity index (χ0v) is 9.84. The average molecular weight is 226 g/mol. The molecule has 0 saturated heterocycles. The van der Waals surface area contributed by atoms with Crippen molar-refractivity contribution in [2.24, 2.45) is 0 Å². The fourth-order valence-electron chi connectivity index (χ4n) is 2.08. The van der Waals surface area contributed by atoms with Gasteiger partial charge in [-0.15, -0.1) is 0 Å². The van der Waals surface area contributed by atoms with Crippen LogP contribution >= 0.6 is 11.6 Å². The molecule has 2 atom stereocenters. The molecule has 0 bridgehead atoms. The third-order valence-corrected chi connectivity index (χ3v) is 3.02. The predicted octanol–water partition coefficient (Wildman–Crippen LogP) is 3.16. The van der Waals surface area contributed by atoms with Crippen molar-refractivity contribution in [3.63, 3.8) is 0 Å². The van der Waals surface area contributed by atoms with Crippen LogP contribution in [-0.2, 0) is 0 Å². The van der Waals surface area contributed by atoms with Crippen molar-refractivity contribution in [1.82, 2.24) is 5.32 Å². The molecular formula is C12H16ClNO. The summed E-state index contributed by atoms with van der Waals surface area (Å²) in [5.41, 5.74) is 1.23. The van der Waals surface area contributed by atoms with Crippen LogP contribution in [0.3, 0.4) is 0 Å². The Bertz CT molecular complexity index is 353. The standard InChI is InChI=1S/C12H16ClNO/c1-3-10-12(14-4-2)9-6-5-8(13)7-11(9)15-10/h5-7,10,12,14H,3-4H2,1-2H3. The van der Waals surface area contributed by atoms with E-state index in [-0.39, 0.29) is 6.10 Å².